The third-order valence-corrected chi connectivity index (χ3v) is 5.67. The predicted molar refractivity (Wildman–Crippen MR) is 105 cm³/mol. The molecule has 2 heterocycles. The summed E-state index contributed by atoms with van der Waals surface area (Å²) in [5.41, 5.74) is -0.215. The molecule has 0 spiro atoms. The average Bonchev–Trinajstić information content (AvgIpc) is 3.10. The number of likely N-dealkylation sites (tertiary alicyclic amines) is 1. The molecule has 1 aliphatic heterocycles. The number of piperidine rings is 1. The molecule has 2 amide bonds. The number of urea groups is 1. The van der Waals surface area contributed by atoms with Gasteiger partial charge in [0.1, 0.15) is 6.10 Å². The molecular formula is C20H18F3N3O2S. The molecule has 5 nitrogen and oxygen atoms in total. The zero-order valence-corrected chi connectivity index (χ0v) is 16.1. The summed E-state index contributed by atoms with van der Waals surface area (Å²) < 4.78 is 46.3. The number of alkyl halides is 3. The lowest BCUT2D eigenvalue weighted by atomic mass is 10.1. The van der Waals surface area contributed by atoms with Gasteiger partial charge in [0, 0.05) is 25.9 Å². The maximum atomic E-state index is 13.1. The molecule has 152 valence electrons. The second kappa shape index (κ2) is 7.90. The van der Waals surface area contributed by atoms with Crippen molar-refractivity contribution in [1.29, 1.82) is 0 Å². The number of halogens is 3. The lowest BCUT2D eigenvalue weighted by Gasteiger charge is -2.31. The highest BCUT2D eigenvalue weighted by atomic mass is 32.1. The monoisotopic (exact) mass is 421 g/mol. The normalized spacial score (nSPS) is 15.5. The number of rotatable bonds is 3. The fourth-order valence-electron chi connectivity index (χ4n) is 3.25. The SMILES string of the molecule is O=C(Nc1ccccc1C(F)(F)F)N1CCC(Oc2nc3ccccc3s2)CC1. The van der Waals surface area contributed by atoms with Gasteiger partial charge in [0.15, 0.2) is 0 Å². The first-order chi connectivity index (χ1) is 13.9. The summed E-state index contributed by atoms with van der Waals surface area (Å²) in [7, 11) is 0. The van der Waals surface area contributed by atoms with E-state index in [1.165, 1.54) is 34.4 Å². The Balaban J connectivity index is 1.34. The van der Waals surface area contributed by atoms with Crippen LogP contribution in [0.2, 0.25) is 0 Å². The second-order valence-corrected chi connectivity index (χ2v) is 7.72. The highest BCUT2D eigenvalue weighted by Gasteiger charge is 2.34. The highest BCUT2D eigenvalue weighted by Crippen LogP contribution is 2.35. The number of nitrogens with zero attached hydrogens (tertiary/aromatic N) is 2. The van der Waals surface area contributed by atoms with Crippen molar-refractivity contribution < 1.29 is 22.7 Å². The van der Waals surface area contributed by atoms with Crippen molar-refractivity contribution in [2.45, 2.75) is 25.1 Å². The predicted octanol–water partition coefficient (Wildman–Crippen LogP) is 5.39. The van der Waals surface area contributed by atoms with Crippen LogP contribution in [0.15, 0.2) is 48.5 Å². The van der Waals surface area contributed by atoms with E-state index in [1.807, 2.05) is 24.3 Å². The van der Waals surface area contributed by atoms with Gasteiger partial charge in [-0.05, 0) is 24.3 Å². The fraction of sp³-hybridized carbons (Fsp3) is 0.300. The first-order valence-electron chi connectivity index (χ1n) is 9.14. The molecule has 4 rings (SSSR count). The van der Waals surface area contributed by atoms with E-state index in [4.69, 9.17) is 4.74 Å². The summed E-state index contributed by atoms with van der Waals surface area (Å²) in [5, 5.41) is 2.98. The molecule has 3 aromatic rings. The number of aromatic nitrogens is 1. The Morgan fingerprint density at radius 2 is 1.79 bits per heavy atom. The lowest BCUT2D eigenvalue weighted by molar-refractivity contribution is -0.136. The molecule has 1 fully saturated rings. The Morgan fingerprint density at radius 1 is 1.10 bits per heavy atom. The van der Waals surface area contributed by atoms with Crippen LogP contribution in [0.25, 0.3) is 10.2 Å². The lowest BCUT2D eigenvalue weighted by Crippen LogP contribution is -2.44. The Hall–Kier alpha value is -2.81. The number of para-hydroxylation sites is 2. The number of nitrogens with one attached hydrogen (secondary N) is 1. The summed E-state index contributed by atoms with van der Waals surface area (Å²) in [6.45, 7) is 0.797. The van der Waals surface area contributed by atoms with Crippen LogP contribution in [0.1, 0.15) is 18.4 Å². The van der Waals surface area contributed by atoms with Gasteiger partial charge in [-0.15, -0.1) is 0 Å². The number of carbonyl (C=O) groups is 1. The van der Waals surface area contributed by atoms with Gasteiger partial charge < -0.3 is 15.0 Å². The number of benzene rings is 2. The molecule has 2 aromatic carbocycles. The van der Waals surface area contributed by atoms with E-state index in [0.29, 0.717) is 31.1 Å². The number of thiazole rings is 1. The van der Waals surface area contributed by atoms with Gasteiger partial charge in [0.25, 0.3) is 5.19 Å². The van der Waals surface area contributed by atoms with Crippen molar-refractivity contribution in [2.75, 3.05) is 18.4 Å². The number of anilines is 1. The molecule has 9 heteroatoms. The highest BCUT2D eigenvalue weighted by molar-refractivity contribution is 7.20. The van der Waals surface area contributed by atoms with Crippen molar-refractivity contribution in [3.05, 3.63) is 54.1 Å². The summed E-state index contributed by atoms with van der Waals surface area (Å²) in [4.78, 5) is 18.4. The van der Waals surface area contributed by atoms with Gasteiger partial charge in [-0.25, -0.2) is 9.78 Å². The van der Waals surface area contributed by atoms with Gasteiger partial charge in [-0.3, -0.25) is 0 Å². The maximum Gasteiger partial charge on any atom is 0.418 e. The molecule has 29 heavy (non-hydrogen) atoms. The summed E-state index contributed by atoms with van der Waals surface area (Å²) in [6.07, 6.45) is -3.43. The first kappa shape index (κ1) is 19.5. The first-order valence-corrected chi connectivity index (χ1v) is 9.96. The standard InChI is InChI=1S/C20H18F3N3O2S/c21-20(22,23)14-5-1-2-6-15(14)24-18(27)26-11-9-13(10-12-26)28-19-25-16-7-3-4-8-17(16)29-19/h1-8,13H,9-12H2,(H,24,27). The molecule has 0 atom stereocenters. The molecule has 1 saturated heterocycles. The van der Waals surface area contributed by atoms with Gasteiger partial charge in [0.2, 0.25) is 0 Å². The Kier molecular flexibility index (Phi) is 5.31. The molecule has 0 bridgehead atoms. The molecule has 0 radical (unpaired) electrons. The fourth-order valence-corrected chi connectivity index (χ4v) is 4.14. The number of hydrogen-bond acceptors (Lipinski definition) is 4. The molecule has 1 aromatic heterocycles. The van der Waals surface area contributed by atoms with Crippen LogP contribution in [0.4, 0.5) is 23.7 Å². The third kappa shape index (κ3) is 4.45. The van der Waals surface area contributed by atoms with Gasteiger partial charge >= 0.3 is 12.2 Å². The Bertz CT molecular complexity index is 980. The van der Waals surface area contributed by atoms with E-state index in [9.17, 15) is 18.0 Å². The largest absolute Gasteiger partial charge is 0.467 e. The molecule has 1 N–H and O–H groups in total. The van der Waals surface area contributed by atoms with Crippen LogP contribution in [-0.2, 0) is 6.18 Å². The number of amides is 2. The summed E-state index contributed by atoms with van der Waals surface area (Å²) >= 11 is 1.47. The molecule has 0 saturated carbocycles. The quantitative estimate of drug-likeness (QED) is 0.617. The van der Waals surface area contributed by atoms with Crippen LogP contribution >= 0.6 is 11.3 Å². The smallest absolute Gasteiger partial charge is 0.418 e. The van der Waals surface area contributed by atoms with Crippen molar-refractivity contribution in [3.8, 4) is 5.19 Å². The second-order valence-electron chi connectivity index (χ2n) is 6.73. The van der Waals surface area contributed by atoms with Crippen LogP contribution in [0.3, 0.4) is 0 Å². The Labute approximate surface area is 169 Å². The van der Waals surface area contributed by atoms with E-state index in [2.05, 4.69) is 10.3 Å². The molecule has 1 aliphatic rings. The average molecular weight is 421 g/mol. The maximum absolute atomic E-state index is 13.1. The van der Waals surface area contributed by atoms with Crippen molar-refractivity contribution in [2.24, 2.45) is 0 Å². The van der Waals surface area contributed by atoms with Crippen LogP contribution in [0, 0.1) is 0 Å². The minimum atomic E-state index is -4.53. The molecule has 0 aliphatic carbocycles. The molecular weight excluding hydrogens is 403 g/mol. The van der Waals surface area contributed by atoms with E-state index in [0.717, 1.165) is 16.3 Å². The van der Waals surface area contributed by atoms with E-state index in [-0.39, 0.29) is 11.8 Å². The van der Waals surface area contributed by atoms with Gasteiger partial charge in [-0.2, -0.15) is 13.2 Å². The van der Waals surface area contributed by atoms with Gasteiger partial charge in [0.05, 0.1) is 21.5 Å². The minimum Gasteiger partial charge on any atom is -0.467 e. The number of ether oxygens (including phenoxy) is 1. The van der Waals surface area contributed by atoms with Crippen molar-refractivity contribution in [3.63, 3.8) is 0 Å². The third-order valence-electron chi connectivity index (χ3n) is 4.75. The number of carbonyl (C=O) groups excluding carboxylic acids is 1. The minimum absolute atomic E-state index is 0.0814. The van der Waals surface area contributed by atoms with Crippen LogP contribution in [0.5, 0.6) is 5.19 Å². The summed E-state index contributed by atoms with van der Waals surface area (Å²) in [6, 6.07) is 12.2. The molecule has 0 unspecified atom stereocenters. The number of fused-ring (bicyclic) bond motifs is 1. The topological polar surface area (TPSA) is 54.5 Å². The van der Waals surface area contributed by atoms with E-state index in [1.54, 1.807) is 0 Å². The van der Waals surface area contributed by atoms with Crippen molar-refractivity contribution in [1.82, 2.24) is 9.88 Å². The van der Waals surface area contributed by atoms with Crippen LogP contribution < -0.4 is 10.1 Å². The summed E-state index contributed by atoms with van der Waals surface area (Å²) in [5.74, 6) is 0. The van der Waals surface area contributed by atoms with E-state index >= 15 is 0 Å². The number of hydrogen-bond donors (Lipinski definition) is 1. The van der Waals surface area contributed by atoms with Gasteiger partial charge in [-0.1, -0.05) is 35.6 Å². The zero-order chi connectivity index (χ0) is 20.4. The van der Waals surface area contributed by atoms with Crippen LogP contribution in [-0.4, -0.2) is 35.1 Å². The van der Waals surface area contributed by atoms with Crippen molar-refractivity contribution >= 4 is 33.3 Å². The van der Waals surface area contributed by atoms with E-state index < -0.39 is 17.8 Å². The Morgan fingerprint density at radius 3 is 2.52 bits per heavy atom. The zero-order valence-electron chi connectivity index (χ0n) is 15.3.